The zero-order valence-electron chi connectivity index (χ0n) is 25.7. The maximum absolute atomic E-state index is 14.2. The molecule has 1 amide bonds. The molecule has 3 fully saturated rings. The molecule has 1 saturated heterocycles. The second-order valence-corrected chi connectivity index (χ2v) is 13.3. The van der Waals surface area contributed by atoms with E-state index in [0.29, 0.717) is 36.9 Å². The molecule has 1 aliphatic heterocycles. The molecule has 4 atom stereocenters. The second-order valence-electron chi connectivity index (χ2n) is 13.3. The fraction of sp³-hybridized carbons (Fsp3) is 0.629. The molecule has 4 unspecified atom stereocenters. The maximum Gasteiger partial charge on any atom is 0.223 e. The zero-order valence-corrected chi connectivity index (χ0v) is 25.7. The molecule has 2 aliphatic carbocycles. The Morgan fingerprint density at radius 2 is 1.80 bits per heavy atom. The van der Waals surface area contributed by atoms with E-state index in [-0.39, 0.29) is 17.4 Å². The highest BCUT2D eigenvalue weighted by molar-refractivity contribution is 5.79. The number of rotatable bonds is 10. The summed E-state index contributed by atoms with van der Waals surface area (Å²) >= 11 is 0. The summed E-state index contributed by atoms with van der Waals surface area (Å²) < 4.78 is 0. The van der Waals surface area contributed by atoms with Crippen LogP contribution in [0.2, 0.25) is 0 Å². The summed E-state index contributed by atoms with van der Waals surface area (Å²) in [7, 11) is 2.14. The van der Waals surface area contributed by atoms with E-state index in [1.165, 1.54) is 49.7 Å². The van der Waals surface area contributed by atoms with Gasteiger partial charge in [-0.15, -0.1) is 0 Å². The Bertz CT molecular complexity index is 1110. The molecule has 224 valence electrons. The van der Waals surface area contributed by atoms with E-state index in [1.54, 1.807) is 0 Å². The van der Waals surface area contributed by atoms with Gasteiger partial charge in [-0.1, -0.05) is 80.3 Å². The normalized spacial score (nSPS) is 27.6. The van der Waals surface area contributed by atoms with Gasteiger partial charge in [0.1, 0.15) is 0 Å². The van der Waals surface area contributed by atoms with Crippen molar-refractivity contribution in [1.82, 2.24) is 20.7 Å². The van der Waals surface area contributed by atoms with Crippen LogP contribution in [-0.2, 0) is 17.9 Å². The van der Waals surface area contributed by atoms with Gasteiger partial charge in [0.05, 0.1) is 0 Å². The summed E-state index contributed by atoms with van der Waals surface area (Å²) in [6.45, 7) is 8.60. The van der Waals surface area contributed by atoms with Crippen LogP contribution in [0.15, 0.2) is 54.6 Å². The first-order valence-corrected chi connectivity index (χ1v) is 16.2. The van der Waals surface area contributed by atoms with Crippen molar-refractivity contribution in [2.45, 2.75) is 95.8 Å². The lowest BCUT2D eigenvalue weighted by Gasteiger charge is -2.55. The van der Waals surface area contributed by atoms with Crippen LogP contribution in [0.4, 0.5) is 0 Å². The molecule has 0 spiro atoms. The second kappa shape index (κ2) is 13.8. The average Bonchev–Trinajstić information content (AvgIpc) is 3.16. The SMILES string of the molecule is CC(C)N1NCC2C(C(=O)NCc3ccccc3)CC(c3cccc(CN(C)CCN)c3)CC21C1CCCCCC1. The van der Waals surface area contributed by atoms with Gasteiger partial charge in [0.15, 0.2) is 0 Å². The van der Waals surface area contributed by atoms with E-state index < -0.39 is 0 Å². The molecule has 6 heteroatoms. The summed E-state index contributed by atoms with van der Waals surface area (Å²) in [5, 5.41) is 6.00. The molecule has 3 aliphatic rings. The molecule has 4 N–H and O–H groups in total. The third-order valence-electron chi connectivity index (χ3n) is 10.3. The van der Waals surface area contributed by atoms with Crippen LogP contribution in [0.1, 0.15) is 87.8 Å². The van der Waals surface area contributed by atoms with Crippen molar-refractivity contribution in [2.75, 3.05) is 26.7 Å². The Labute approximate surface area is 248 Å². The topological polar surface area (TPSA) is 73.6 Å². The van der Waals surface area contributed by atoms with Crippen LogP contribution in [0, 0.1) is 17.8 Å². The highest BCUT2D eigenvalue weighted by Crippen LogP contribution is 2.56. The quantitative estimate of drug-likeness (QED) is 0.338. The number of carbonyl (C=O) groups excluding carboxylic acids is 1. The fourth-order valence-corrected chi connectivity index (χ4v) is 8.51. The van der Waals surface area contributed by atoms with Crippen LogP contribution >= 0.6 is 0 Å². The molecule has 41 heavy (non-hydrogen) atoms. The van der Waals surface area contributed by atoms with Crippen LogP contribution < -0.4 is 16.5 Å². The molecule has 0 aromatic heterocycles. The molecule has 2 aromatic rings. The lowest BCUT2D eigenvalue weighted by Crippen LogP contribution is -2.63. The van der Waals surface area contributed by atoms with Crippen LogP contribution in [-0.4, -0.2) is 54.1 Å². The van der Waals surface area contributed by atoms with Gasteiger partial charge in [0.25, 0.3) is 0 Å². The van der Waals surface area contributed by atoms with E-state index >= 15 is 0 Å². The highest BCUT2D eigenvalue weighted by Gasteiger charge is 2.60. The fourth-order valence-electron chi connectivity index (χ4n) is 8.51. The van der Waals surface area contributed by atoms with E-state index in [4.69, 9.17) is 5.73 Å². The number of nitrogens with one attached hydrogen (secondary N) is 2. The predicted molar refractivity (Wildman–Crippen MR) is 168 cm³/mol. The smallest absolute Gasteiger partial charge is 0.223 e. The maximum atomic E-state index is 14.2. The van der Waals surface area contributed by atoms with E-state index in [2.05, 4.69) is 90.1 Å². The van der Waals surface area contributed by atoms with Crippen molar-refractivity contribution in [3.8, 4) is 0 Å². The number of fused-ring (bicyclic) bond motifs is 1. The van der Waals surface area contributed by atoms with Gasteiger partial charge in [-0.25, -0.2) is 5.01 Å². The molecule has 1 heterocycles. The van der Waals surface area contributed by atoms with Gasteiger partial charge in [-0.2, -0.15) is 0 Å². The Hall–Kier alpha value is -2.25. The molecule has 2 saturated carbocycles. The summed E-state index contributed by atoms with van der Waals surface area (Å²) in [5.41, 5.74) is 13.6. The zero-order chi connectivity index (χ0) is 28.8. The molecule has 0 radical (unpaired) electrons. The first-order valence-electron chi connectivity index (χ1n) is 16.2. The number of carbonyl (C=O) groups is 1. The number of benzene rings is 2. The summed E-state index contributed by atoms with van der Waals surface area (Å²) in [5.74, 6) is 1.49. The predicted octanol–water partition coefficient (Wildman–Crippen LogP) is 5.44. The van der Waals surface area contributed by atoms with Crippen LogP contribution in [0.3, 0.4) is 0 Å². The summed E-state index contributed by atoms with van der Waals surface area (Å²) in [4.78, 5) is 16.5. The van der Waals surface area contributed by atoms with Crippen LogP contribution in [0.25, 0.3) is 0 Å². The Kier molecular flexibility index (Phi) is 10.2. The minimum Gasteiger partial charge on any atom is -0.352 e. The van der Waals surface area contributed by atoms with Gasteiger partial charge in [-0.05, 0) is 75.1 Å². The molecule has 6 nitrogen and oxygen atoms in total. The van der Waals surface area contributed by atoms with Gasteiger partial charge in [-0.3, -0.25) is 10.2 Å². The number of likely N-dealkylation sites (N-methyl/N-ethyl adjacent to an activating group) is 1. The van der Waals surface area contributed by atoms with Gasteiger partial charge in [0.2, 0.25) is 5.91 Å². The molecule has 5 rings (SSSR count). The summed E-state index contributed by atoms with van der Waals surface area (Å²) in [6, 6.07) is 19.9. The number of amides is 1. The van der Waals surface area contributed by atoms with Crippen LogP contribution in [0.5, 0.6) is 0 Å². The first-order chi connectivity index (χ1) is 19.9. The first kappa shape index (κ1) is 30.2. The Balaban J connectivity index is 1.50. The van der Waals surface area contributed by atoms with Crippen molar-refractivity contribution in [1.29, 1.82) is 0 Å². The van der Waals surface area contributed by atoms with E-state index in [1.807, 2.05) is 6.07 Å². The lowest BCUT2D eigenvalue weighted by molar-refractivity contribution is -0.133. The van der Waals surface area contributed by atoms with Gasteiger partial charge >= 0.3 is 0 Å². The standard InChI is InChI=1S/C35H53N5O/c1-26(2)40-35(31-16-9-4-5-10-17-31)22-30(29-15-11-14-28(20-29)25-39(3)19-18-36)21-32(33(35)24-38-40)34(41)37-23-27-12-7-6-8-13-27/h6-8,11-15,20,26,30-33,38H,4-5,9-10,16-19,21-25,36H2,1-3H3,(H,37,41). The highest BCUT2D eigenvalue weighted by atomic mass is 16.1. The number of hydrogen-bond donors (Lipinski definition) is 3. The van der Waals surface area contributed by atoms with Crippen molar-refractivity contribution in [3.63, 3.8) is 0 Å². The monoisotopic (exact) mass is 559 g/mol. The number of nitrogens with two attached hydrogens (primary N) is 1. The van der Waals surface area contributed by atoms with Crippen molar-refractivity contribution < 1.29 is 4.79 Å². The van der Waals surface area contributed by atoms with Crippen molar-refractivity contribution >= 4 is 5.91 Å². The lowest BCUT2D eigenvalue weighted by atomic mass is 9.56. The van der Waals surface area contributed by atoms with Crippen molar-refractivity contribution in [2.24, 2.45) is 23.5 Å². The minimum atomic E-state index is -0.0134. The third-order valence-corrected chi connectivity index (χ3v) is 10.3. The Morgan fingerprint density at radius 3 is 2.51 bits per heavy atom. The number of hydrazine groups is 1. The largest absolute Gasteiger partial charge is 0.352 e. The number of nitrogens with zero attached hydrogens (tertiary/aromatic N) is 2. The van der Waals surface area contributed by atoms with E-state index in [9.17, 15) is 4.79 Å². The third kappa shape index (κ3) is 6.72. The Morgan fingerprint density at radius 1 is 1.07 bits per heavy atom. The molecule has 2 aromatic carbocycles. The molecule has 0 bridgehead atoms. The van der Waals surface area contributed by atoms with Crippen molar-refractivity contribution in [3.05, 3.63) is 71.3 Å². The summed E-state index contributed by atoms with van der Waals surface area (Å²) in [6.07, 6.45) is 9.89. The average molecular weight is 560 g/mol. The van der Waals surface area contributed by atoms with Gasteiger partial charge < -0.3 is 16.0 Å². The minimum absolute atomic E-state index is 0.0114. The number of hydrogen-bond acceptors (Lipinski definition) is 5. The van der Waals surface area contributed by atoms with E-state index in [0.717, 1.165) is 38.0 Å². The van der Waals surface area contributed by atoms with Gasteiger partial charge in [0, 0.05) is 56.1 Å². The molecular formula is C35H53N5O. The molecular weight excluding hydrogens is 506 g/mol.